The van der Waals surface area contributed by atoms with E-state index in [0.717, 1.165) is 0 Å². The number of hydrogen-bond acceptors (Lipinski definition) is 9. The summed E-state index contributed by atoms with van der Waals surface area (Å²) in [6, 6.07) is 7.46. The maximum Gasteiger partial charge on any atom is 0.352 e. The van der Waals surface area contributed by atoms with Crippen LogP contribution in [-0.2, 0) is 21.4 Å². The lowest BCUT2D eigenvalue weighted by molar-refractivity contribution is -0.151. The third-order valence-corrected chi connectivity index (χ3v) is 7.30. The van der Waals surface area contributed by atoms with Crippen LogP contribution in [0.25, 0.3) is 0 Å². The fourth-order valence-corrected chi connectivity index (χ4v) is 5.64. The normalized spacial score (nSPS) is 18.4. The second-order valence-corrected chi connectivity index (χ2v) is 8.89. The van der Waals surface area contributed by atoms with Crippen molar-refractivity contribution in [1.82, 2.24) is 30.4 Å². The third kappa shape index (κ3) is 6.56. The second kappa shape index (κ2) is 14.5. The van der Waals surface area contributed by atoms with E-state index in [-0.39, 0.29) is 33.1 Å². The van der Waals surface area contributed by atoms with Gasteiger partial charge in [-0.15, -0.1) is 16.9 Å². The lowest BCUT2D eigenvalue weighted by atomic mass is 10.0. The zero-order chi connectivity index (χ0) is 22.1. The molecule has 18 heteroatoms. The van der Waals surface area contributed by atoms with Gasteiger partial charge in [-0.25, -0.2) is 9.48 Å². The monoisotopic (exact) mass is 552 g/mol. The molecule has 3 heterocycles. The molecule has 1 aromatic carbocycles. The van der Waals surface area contributed by atoms with Gasteiger partial charge < -0.3 is 42.9 Å². The van der Waals surface area contributed by atoms with Gasteiger partial charge in [0.05, 0.1) is 0 Å². The Labute approximate surface area is 212 Å². The molecule has 13 N–H and O–H groups in total. The van der Waals surface area contributed by atoms with E-state index < -0.39 is 35.3 Å². The molecule has 36 heavy (non-hydrogen) atoms. The number of carbonyl (C=O) groups excluding carboxylic acids is 2. The molecule has 16 nitrogen and oxygen atoms in total. The number of nitrogens with zero attached hydrogens (tertiary/aromatic N) is 5. The number of aliphatic hydroxyl groups excluding tert-OH is 1. The molecule has 1 aromatic heterocycles. The first-order valence-corrected chi connectivity index (χ1v) is 11.2. The van der Waals surface area contributed by atoms with E-state index >= 15 is 0 Å². The maximum atomic E-state index is 12.7. The fourth-order valence-electron chi connectivity index (χ4n) is 3.31. The number of aliphatic hydroxyl groups is 1. The molecule has 4 rings (SSSR count). The molecule has 0 bridgehead atoms. The molecular weight excluding hydrogens is 524 g/mol. The number of benzene rings is 1. The average molecular weight is 553 g/mol. The quantitative estimate of drug-likeness (QED) is 0.219. The molecule has 0 aliphatic carbocycles. The Balaban J connectivity index is 0. The molecule has 202 valence electrons. The van der Waals surface area contributed by atoms with Crippen LogP contribution in [0, 0.1) is 0 Å². The predicted molar refractivity (Wildman–Crippen MR) is 129 cm³/mol. The van der Waals surface area contributed by atoms with Gasteiger partial charge in [-0.3, -0.25) is 14.5 Å². The molecule has 0 saturated carbocycles. The number of aryl methyl sites for hydroxylation is 1. The molecule has 2 amide bonds. The summed E-state index contributed by atoms with van der Waals surface area (Å²) in [7, 11) is 1.68. The highest BCUT2D eigenvalue weighted by Crippen LogP contribution is 2.41. The van der Waals surface area contributed by atoms with Crippen LogP contribution in [0.15, 0.2) is 46.8 Å². The largest absolute Gasteiger partial charge is 0.477 e. The number of rotatable bonds is 7. The van der Waals surface area contributed by atoms with Crippen LogP contribution in [0.1, 0.15) is 11.7 Å². The Morgan fingerprint density at radius 1 is 1.19 bits per heavy atom. The van der Waals surface area contributed by atoms with Crippen molar-refractivity contribution in [3.05, 3.63) is 47.2 Å². The minimum atomic E-state index is -1.42. The molecule has 1 saturated heterocycles. The molecule has 0 radical (unpaired) electrons. The van der Waals surface area contributed by atoms with Gasteiger partial charge in [-0.2, -0.15) is 0 Å². The van der Waals surface area contributed by atoms with Crippen LogP contribution in [0.4, 0.5) is 0 Å². The van der Waals surface area contributed by atoms with E-state index in [1.807, 2.05) is 0 Å². The predicted octanol–water partition coefficient (Wildman–Crippen LogP) is -4.35. The first kappa shape index (κ1) is 35.1. The van der Waals surface area contributed by atoms with Crippen molar-refractivity contribution in [3.63, 3.8) is 0 Å². The molecule has 0 spiro atoms. The maximum absolute atomic E-state index is 12.7. The minimum Gasteiger partial charge on any atom is -0.477 e. The average Bonchev–Trinajstić information content (AvgIpc) is 3.19. The SMILES string of the molecule is Cn1nnnc1SCC1=C(C(=O)O)N2C(=O)C(NC(=O)[C@H](O)c3ccccc3)[C@H]2SC1.O.O.O.O.O. The number of carbonyl (C=O) groups is 3. The van der Waals surface area contributed by atoms with Crippen molar-refractivity contribution < 1.29 is 52.0 Å². The zero-order valence-electron chi connectivity index (χ0n) is 18.7. The molecule has 2 aliphatic rings. The number of β-lactam (4-membered cyclic amide) rings is 1. The summed E-state index contributed by atoms with van der Waals surface area (Å²) >= 11 is 2.64. The van der Waals surface area contributed by atoms with Crippen molar-refractivity contribution in [2.75, 3.05) is 11.5 Å². The van der Waals surface area contributed by atoms with Gasteiger partial charge in [0, 0.05) is 18.6 Å². The van der Waals surface area contributed by atoms with Crippen LogP contribution in [0.2, 0.25) is 0 Å². The first-order valence-electron chi connectivity index (χ1n) is 9.17. The number of amides is 2. The number of nitrogens with one attached hydrogen (secondary N) is 1. The van der Waals surface area contributed by atoms with Gasteiger partial charge in [0.1, 0.15) is 17.1 Å². The number of aromatic nitrogens is 4. The number of fused-ring (bicyclic) bond motifs is 1. The highest BCUT2D eigenvalue weighted by atomic mass is 32.2. The van der Waals surface area contributed by atoms with Crippen LogP contribution in [-0.4, -0.2) is 103 Å². The topological polar surface area (TPSA) is 308 Å². The van der Waals surface area contributed by atoms with Gasteiger partial charge in [-0.05, 0) is 21.6 Å². The van der Waals surface area contributed by atoms with Crippen LogP contribution in [0.3, 0.4) is 0 Å². The van der Waals surface area contributed by atoms with Crippen LogP contribution < -0.4 is 5.32 Å². The Hall–Kier alpha value is -3.10. The van der Waals surface area contributed by atoms with E-state index in [1.54, 1.807) is 37.4 Å². The van der Waals surface area contributed by atoms with Crippen molar-refractivity contribution in [2.45, 2.75) is 22.7 Å². The highest BCUT2D eigenvalue weighted by Gasteiger charge is 2.54. The third-order valence-electron chi connectivity index (χ3n) is 4.87. The van der Waals surface area contributed by atoms with Gasteiger partial charge in [0.25, 0.3) is 11.8 Å². The van der Waals surface area contributed by atoms with E-state index in [2.05, 4.69) is 20.8 Å². The van der Waals surface area contributed by atoms with Gasteiger partial charge in [0.15, 0.2) is 6.10 Å². The fraction of sp³-hybridized carbons (Fsp3) is 0.333. The second-order valence-electron chi connectivity index (χ2n) is 6.84. The van der Waals surface area contributed by atoms with E-state index in [1.165, 1.54) is 33.1 Å². The number of thioether (sulfide) groups is 2. The molecule has 1 unspecified atom stereocenters. The smallest absolute Gasteiger partial charge is 0.352 e. The number of carboxylic acids is 1. The summed E-state index contributed by atoms with van der Waals surface area (Å²) in [6.45, 7) is 0. The summed E-state index contributed by atoms with van der Waals surface area (Å²) in [5, 5.41) is 33.6. The van der Waals surface area contributed by atoms with E-state index in [9.17, 15) is 24.6 Å². The number of hydrogen-bond donors (Lipinski definition) is 3. The first-order chi connectivity index (χ1) is 14.9. The highest BCUT2D eigenvalue weighted by molar-refractivity contribution is 8.01. The summed E-state index contributed by atoms with van der Waals surface area (Å²) in [5.74, 6) is -1.75. The van der Waals surface area contributed by atoms with Crippen molar-refractivity contribution in [3.8, 4) is 0 Å². The van der Waals surface area contributed by atoms with Gasteiger partial charge in [0.2, 0.25) is 5.16 Å². The Bertz CT molecular complexity index is 1070. The lowest BCUT2D eigenvalue weighted by Crippen LogP contribution is -2.70. The molecule has 3 atom stereocenters. The lowest BCUT2D eigenvalue weighted by Gasteiger charge is -2.49. The number of carboxylic acid groups (broad SMARTS) is 1. The summed E-state index contributed by atoms with van der Waals surface area (Å²) in [5.41, 5.74) is 0.901. The Morgan fingerprint density at radius 3 is 2.39 bits per heavy atom. The van der Waals surface area contributed by atoms with E-state index in [0.29, 0.717) is 27.8 Å². The zero-order valence-corrected chi connectivity index (χ0v) is 20.3. The van der Waals surface area contributed by atoms with Crippen molar-refractivity contribution >= 4 is 41.3 Å². The Kier molecular flexibility index (Phi) is 14.1. The Morgan fingerprint density at radius 2 is 1.83 bits per heavy atom. The summed E-state index contributed by atoms with van der Waals surface area (Å²) < 4.78 is 1.48. The number of tetrazole rings is 1. The van der Waals surface area contributed by atoms with Crippen LogP contribution in [0.5, 0.6) is 0 Å². The summed E-state index contributed by atoms with van der Waals surface area (Å²) in [6.07, 6.45) is -1.42. The van der Waals surface area contributed by atoms with Gasteiger partial charge in [-0.1, -0.05) is 42.1 Å². The number of aliphatic carboxylic acids is 1. The molecule has 1 fully saturated rings. The van der Waals surface area contributed by atoms with Crippen molar-refractivity contribution in [2.24, 2.45) is 7.05 Å². The molecular formula is C18H28N6O10S2. The molecule has 2 aromatic rings. The van der Waals surface area contributed by atoms with Crippen LogP contribution >= 0.6 is 23.5 Å². The standard InChI is InChI=1S/C18H18N6O5S2.5H2O/c1-23-18(20-21-22-23)31-8-10-7-30-16-11(15(27)24(16)12(10)17(28)29)19-14(26)13(25)9-5-3-2-4-6-9;;;;;/h2-6,11,13,16,25H,7-8H2,1H3,(H,19,26)(H,28,29);5*1H2/t11?,13-,16-;;;;;/m1...../s1. The summed E-state index contributed by atoms with van der Waals surface area (Å²) in [4.78, 5) is 38.2. The van der Waals surface area contributed by atoms with Gasteiger partial charge >= 0.3 is 5.97 Å². The molecule has 2 aliphatic heterocycles. The minimum absolute atomic E-state index is 0. The van der Waals surface area contributed by atoms with E-state index in [4.69, 9.17) is 0 Å². The van der Waals surface area contributed by atoms with Crippen molar-refractivity contribution in [1.29, 1.82) is 0 Å².